The van der Waals surface area contributed by atoms with Crippen LogP contribution in [-0.4, -0.2) is 17.7 Å². The molecule has 1 heterocycles. The summed E-state index contributed by atoms with van der Waals surface area (Å²) in [5.74, 6) is 0.636. The molecule has 1 aromatic heterocycles. The lowest BCUT2D eigenvalue weighted by atomic mass is 10.2. The van der Waals surface area contributed by atoms with Gasteiger partial charge < -0.3 is 4.74 Å². The van der Waals surface area contributed by atoms with Gasteiger partial charge in [0.15, 0.2) is 0 Å². The van der Waals surface area contributed by atoms with Gasteiger partial charge in [0.05, 0.1) is 16.7 Å². The Balaban J connectivity index is 1.62. The highest BCUT2D eigenvalue weighted by atomic mass is 32.1. The fraction of sp³-hybridized carbons (Fsp3) is 0.429. The predicted molar refractivity (Wildman–Crippen MR) is 107 cm³/mol. The molecular formula is C21H26N2O2S. The summed E-state index contributed by atoms with van der Waals surface area (Å²) in [5, 5.41) is 4.38. The minimum absolute atomic E-state index is 0.195. The molecule has 0 bridgehead atoms. The zero-order valence-electron chi connectivity index (χ0n) is 15.5. The Morgan fingerprint density at radius 2 is 1.92 bits per heavy atom. The van der Waals surface area contributed by atoms with Crippen molar-refractivity contribution < 1.29 is 9.53 Å². The maximum atomic E-state index is 12.4. The normalized spacial score (nSPS) is 15.2. The van der Waals surface area contributed by atoms with Crippen LogP contribution in [0.15, 0.2) is 41.5 Å². The highest BCUT2D eigenvalue weighted by Gasteiger charge is 2.16. The van der Waals surface area contributed by atoms with Crippen LogP contribution in [-0.2, 0) is 0 Å². The molecule has 1 aromatic carbocycles. The second-order valence-corrected chi connectivity index (χ2v) is 8.00. The maximum absolute atomic E-state index is 12.4. The molecule has 26 heavy (non-hydrogen) atoms. The quantitative estimate of drug-likeness (QED) is 0.530. The van der Waals surface area contributed by atoms with Gasteiger partial charge in [0.1, 0.15) is 5.75 Å². The monoisotopic (exact) mass is 370 g/mol. The third kappa shape index (κ3) is 4.94. The Hall–Kier alpha value is -2.14. The SMILES string of the molecule is CCC/C(=N\NC(=O)c1ccc(OC2CCCC2)cc1)c1ccc(C)s1. The number of nitrogens with zero attached hydrogens (tertiary/aromatic N) is 1. The van der Waals surface area contributed by atoms with Gasteiger partial charge in [-0.3, -0.25) is 4.79 Å². The summed E-state index contributed by atoms with van der Waals surface area (Å²) in [6, 6.07) is 11.5. The third-order valence-electron chi connectivity index (χ3n) is 4.53. The van der Waals surface area contributed by atoms with Crippen molar-refractivity contribution in [1.29, 1.82) is 0 Å². The summed E-state index contributed by atoms with van der Waals surface area (Å²) in [5.41, 5.74) is 4.22. The summed E-state index contributed by atoms with van der Waals surface area (Å²) in [6.45, 7) is 4.19. The van der Waals surface area contributed by atoms with Crippen molar-refractivity contribution in [3.05, 3.63) is 51.7 Å². The van der Waals surface area contributed by atoms with E-state index in [2.05, 4.69) is 36.5 Å². The summed E-state index contributed by atoms with van der Waals surface area (Å²) in [7, 11) is 0. The largest absolute Gasteiger partial charge is 0.490 e. The molecule has 1 aliphatic rings. The molecule has 4 nitrogen and oxygen atoms in total. The van der Waals surface area contributed by atoms with Gasteiger partial charge in [0.25, 0.3) is 5.91 Å². The summed E-state index contributed by atoms with van der Waals surface area (Å²) in [4.78, 5) is 14.7. The lowest BCUT2D eigenvalue weighted by molar-refractivity contribution is 0.0954. The molecule has 5 heteroatoms. The number of carbonyl (C=O) groups excluding carboxylic acids is 1. The van der Waals surface area contributed by atoms with Crippen molar-refractivity contribution in [2.45, 2.75) is 58.5 Å². The van der Waals surface area contributed by atoms with Gasteiger partial charge in [0.2, 0.25) is 0 Å². The van der Waals surface area contributed by atoms with Crippen molar-refractivity contribution in [2.24, 2.45) is 5.10 Å². The summed E-state index contributed by atoms with van der Waals surface area (Å²) >= 11 is 1.70. The highest BCUT2D eigenvalue weighted by molar-refractivity contribution is 7.14. The van der Waals surface area contributed by atoms with Crippen molar-refractivity contribution in [3.63, 3.8) is 0 Å². The lowest BCUT2D eigenvalue weighted by Gasteiger charge is -2.13. The van der Waals surface area contributed by atoms with E-state index in [-0.39, 0.29) is 5.91 Å². The molecule has 1 N–H and O–H groups in total. The highest BCUT2D eigenvalue weighted by Crippen LogP contribution is 2.24. The predicted octanol–water partition coefficient (Wildman–Crippen LogP) is 5.31. The first kappa shape index (κ1) is 18.6. The zero-order chi connectivity index (χ0) is 18.4. The van der Waals surface area contributed by atoms with E-state index in [4.69, 9.17) is 4.74 Å². The number of ether oxygens (including phenoxy) is 1. The lowest BCUT2D eigenvalue weighted by Crippen LogP contribution is -2.20. The van der Waals surface area contributed by atoms with Crippen LogP contribution in [0.5, 0.6) is 5.75 Å². The van der Waals surface area contributed by atoms with Crippen LogP contribution in [0, 0.1) is 6.92 Å². The molecule has 2 aromatic rings. The van der Waals surface area contributed by atoms with Crippen LogP contribution in [0.1, 0.15) is 65.6 Å². The van der Waals surface area contributed by atoms with Crippen LogP contribution in [0.25, 0.3) is 0 Å². The number of thiophene rings is 1. The number of carbonyl (C=O) groups is 1. The van der Waals surface area contributed by atoms with Crippen LogP contribution < -0.4 is 10.2 Å². The number of amides is 1. The van der Waals surface area contributed by atoms with Gasteiger partial charge in [-0.25, -0.2) is 5.43 Å². The topological polar surface area (TPSA) is 50.7 Å². The van der Waals surface area contributed by atoms with E-state index in [1.807, 2.05) is 12.1 Å². The fourth-order valence-electron chi connectivity index (χ4n) is 3.13. The van der Waals surface area contributed by atoms with Gasteiger partial charge in [-0.05, 0) is 75.4 Å². The first-order chi connectivity index (χ1) is 12.7. The minimum Gasteiger partial charge on any atom is -0.490 e. The number of hydrazone groups is 1. The Bertz CT molecular complexity index is 759. The minimum atomic E-state index is -0.195. The number of benzene rings is 1. The molecule has 0 saturated heterocycles. The van der Waals surface area contributed by atoms with Crippen LogP contribution >= 0.6 is 11.3 Å². The molecule has 0 atom stereocenters. The van der Waals surface area contributed by atoms with E-state index in [0.29, 0.717) is 11.7 Å². The van der Waals surface area contributed by atoms with Gasteiger partial charge in [0, 0.05) is 10.4 Å². The molecule has 1 saturated carbocycles. The van der Waals surface area contributed by atoms with Crippen molar-refractivity contribution in [1.82, 2.24) is 5.43 Å². The summed E-state index contributed by atoms with van der Waals surface area (Å²) < 4.78 is 5.94. The molecular weight excluding hydrogens is 344 g/mol. The standard InChI is InChI=1S/C21H26N2O2S/c1-3-6-19(20-14-9-15(2)26-20)22-23-21(24)16-10-12-18(13-11-16)25-17-7-4-5-8-17/h9-14,17H,3-8H2,1-2H3,(H,23,24)/b22-19+. The smallest absolute Gasteiger partial charge is 0.271 e. The summed E-state index contributed by atoms with van der Waals surface area (Å²) in [6.07, 6.45) is 6.89. The zero-order valence-corrected chi connectivity index (χ0v) is 16.3. The molecule has 0 spiro atoms. The van der Waals surface area contributed by atoms with E-state index in [1.165, 1.54) is 17.7 Å². The van der Waals surface area contributed by atoms with Crippen LogP contribution in [0.3, 0.4) is 0 Å². The second-order valence-electron chi connectivity index (χ2n) is 6.71. The van der Waals surface area contributed by atoms with Crippen molar-refractivity contribution >= 4 is 23.0 Å². The number of rotatable bonds is 7. The number of hydrogen-bond donors (Lipinski definition) is 1. The first-order valence-corrected chi connectivity index (χ1v) is 10.2. The fourth-order valence-corrected chi connectivity index (χ4v) is 4.01. The molecule has 138 valence electrons. The molecule has 0 unspecified atom stereocenters. The molecule has 0 aliphatic heterocycles. The Kier molecular flexibility index (Phi) is 6.45. The second kappa shape index (κ2) is 8.99. The average Bonchev–Trinajstić information content (AvgIpc) is 3.31. The molecule has 0 radical (unpaired) electrons. The average molecular weight is 371 g/mol. The van der Waals surface area contributed by atoms with E-state index in [1.54, 1.807) is 23.5 Å². The van der Waals surface area contributed by atoms with Gasteiger partial charge in [-0.1, -0.05) is 13.3 Å². The third-order valence-corrected chi connectivity index (χ3v) is 5.58. The van der Waals surface area contributed by atoms with Gasteiger partial charge >= 0.3 is 0 Å². The number of aryl methyl sites for hydroxylation is 1. The Morgan fingerprint density at radius 1 is 1.19 bits per heavy atom. The Morgan fingerprint density at radius 3 is 2.54 bits per heavy atom. The van der Waals surface area contributed by atoms with Gasteiger partial charge in [-0.2, -0.15) is 5.10 Å². The number of nitrogens with one attached hydrogen (secondary N) is 1. The van der Waals surface area contributed by atoms with E-state index < -0.39 is 0 Å². The van der Waals surface area contributed by atoms with Crippen LogP contribution in [0.4, 0.5) is 0 Å². The number of hydrogen-bond acceptors (Lipinski definition) is 4. The molecule has 1 fully saturated rings. The molecule has 1 amide bonds. The van der Waals surface area contributed by atoms with E-state index in [0.717, 1.165) is 42.0 Å². The van der Waals surface area contributed by atoms with E-state index >= 15 is 0 Å². The van der Waals surface area contributed by atoms with Crippen LogP contribution in [0.2, 0.25) is 0 Å². The Labute approximate surface area is 159 Å². The molecule has 3 rings (SSSR count). The van der Waals surface area contributed by atoms with Crippen molar-refractivity contribution in [3.8, 4) is 5.75 Å². The first-order valence-electron chi connectivity index (χ1n) is 9.36. The molecule has 1 aliphatic carbocycles. The maximum Gasteiger partial charge on any atom is 0.271 e. The van der Waals surface area contributed by atoms with Crippen molar-refractivity contribution in [2.75, 3.05) is 0 Å². The van der Waals surface area contributed by atoms with E-state index in [9.17, 15) is 4.79 Å². The van der Waals surface area contributed by atoms with Gasteiger partial charge in [-0.15, -0.1) is 11.3 Å².